The van der Waals surface area contributed by atoms with E-state index in [1.807, 2.05) is 0 Å². The lowest BCUT2D eigenvalue weighted by molar-refractivity contribution is -0.151. The number of fused-ring (bicyclic) bond motifs is 1. The van der Waals surface area contributed by atoms with Crippen LogP contribution in [0.15, 0.2) is 0 Å². The van der Waals surface area contributed by atoms with E-state index in [0.29, 0.717) is 6.10 Å². The first kappa shape index (κ1) is 15.7. The van der Waals surface area contributed by atoms with E-state index in [1.165, 1.54) is 4.43 Å². The fourth-order valence-corrected chi connectivity index (χ4v) is 4.77. The van der Waals surface area contributed by atoms with Crippen LogP contribution in [0.4, 0.5) is 0 Å². The molecule has 2 aliphatic rings. The van der Waals surface area contributed by atoms with E-state index in [4.69, 9.17) is 14.6 Å². The summed E-state index contributed by atoms with van der Waals surface area (Å²) in [5.41, 5.74) is -0.0462. The van der Waals surface area contributed by atoms with Gasteiger partial charge in [0, 0.05) is 21.9 Å². The third kappa shape index (κ3) is 3.51. The van der Waals surface area contributed by atoms with Crippen LogP contribution in [0.3, 0.4) is 0 Å². The average Bonchev–Trinajstić information content (AvgIpc) is 2.75. The van der Waals surface area contributed by atoms with E-state index in [-0.39, 0.29) is 24.4 Å². The number of alkyl halides is 2. The molecule has 4 unspecified atom stereocenters. The van der Waals surface area contributed by atoms with Crippen LogP contribution in [0.2, 0.25) is 0 Å². The number of ether oxygens (including phenoxy) is 2. The first-order valence-electron chi connectivity index (χ1n) is 6.80. The van der Waals surface area contributed by atoms with E-state index in [9.17, 15) is 0 Å². The Morgan fingerprint density at radius 3 is 2.67 bits per heavy atom. The molecular weight excluding hydrogens is 458 g/mol. The van der Waals surface area contributed by atoms with Gasteiger partial charge in [-0.05, 0) is 32.1 Å². The zero-order chi connectivity index (χ0) is 13.0. The molecule has 2 fully saturated rings. The molecule has 2 rings (SSSR count). The Balaban J connectivity index is 1.96. The first-order chi connectivity index (χ1) is 8.74. The predicted octanol–water partition coefficient (Wildman–Crippen LogP) is 3.09. The fraction of sp³-hybridized carbons (Fsp3) is 1.00. The Labute approximate surface area is 137 Å². The lowest BCUT2D eigenvalue weighted by Gasteiger charge is -2.41. The van der Waals surface area contributed by atoms with Gasteiger partial charge in [0.15, 0.2) is 0 Å². The van der Waals surface area contributed by atoms with Crippen molar-refractivity contribution in [3.8, 4) is 0 Å². The Morgan fingerprint density at radius 1 is 1.17 bits per heavy atom. The normalized spacial score (nSPS) is 39.8. The summed E-state index contributed by atoms with van der Waals surface area (Å²) in [6, 6.07) is 0. The molecule has 2 heterocycles. The summed E-state index contributed by atoms with van der Waals surface area (Å²) in [5, 5.41) is 8.93. The van der Waals surface area contributed by atoms with Gasteiger partial charge >= 0.3 is 0 Å². The van der Waals surface area contributed by atoms with Crippen molar-refractivity contribution in [1.29, 1.82) is 0 Å². The van der Waals surface area contributed by atoms with Crippen LogP contribution in [0.25, 0.3) is 0 Å². The second-order valence-electron chi connectivity index (χ2n) is 5.31. The average molecular weight is 480 g/mol. The van der Waals surface area contributed by atoms with Gasteiger partial charge in [-0.15, -0.1) is 0 Å². The smallest absolute Gasteiger partial charge is 0.106 e. The van der Waals surface area contributed by atoms with Crippen LogP contribution in [0.5, 0.6) is 0 Å². The third-order valence-electron chi connectivity index (χ3n) is 4.01. The lowest BCUT2D eigenvalue weighted by atomic mass is 9.87. The summed E-state index contributed by atoms with van der Waals surface area (Å²) in [4.78, 5) is 0. The Bertz CT molecular complexity index is 265. The van der Waals surface area contributed by atoms with E-state index in [1.54, 1.807) is 0 Å². The molecule has 5 heteroatoms. The summed E-state index contributed by atoms with van der Waals surface area (Å²) in [5.74, 6) is 0. The molecular formula is C13H22I2O3. The van der Waals surface area contributed by atoms with Crippen molar-refractivity contribution in [1.82, 2.24) is 0 Å². The maximum Gasteiger partial charge on any atom is 0.106 e. The van der Waals surface area contributed by atoms with Crippen molar-refractivity contribution < 1.29 is 14.6 Å². The number of aliphatic hydroxyl groups is 1. The van der Waals surface area contributed by atoms with Gasteiger partial charge < -0.3 is 14.6 Å². The molecule has 0 amide bonds. The molecule has 2 saturated heterocycles. The number of aliphatic hydroxyl groups excluding tert-OH is 1. The van der Waals surface area contributed by atoms with Gasteiger partial charge in [0.25, 0.3) is 0 Å². The van der Waals surface area contributed by atoms with Crippen LogP contribution < -0.4 is 0 Å². The van der Waals surface area contributed by atoms with Crippen molar-refractivity contribution in [2.75, 3.05) is 15.5 Å². The molecule has 18 heavy (non-hydrogen) atoms. The maximum atomic E-state index is 8.93. The molecule has 0 aromatic heterocycles. The number of hydrogen-bond donors (Lipinski definition) is 1. The van der Waals surface area contributed by atoms with E-state index < -0.39 is 0 Å². The minimum atomic E-state index is -0.0462. The van der Waals surface area contributed by atoms with Crippen LogP contribution in [0, 0.1) is 0 Å². The molecule has 0 radical (unpaired) electrons. The van der Waals surface area contributed by atoms with Crippen LogP contribution in [0.1, 0.15) is 38.5 Å². The Morgan fingerprint density at radius 2 is 2.00 bits per heavy atom. The molecule has 1 N–H and O–H groups in total. The third-order valence-corrected chi connectivity index (χ3v) is 5.92. The summed E-state index contributed by atoms with van der Waals surface area (Å²) in [6.07, 6.45) is 7.24. The van der Waals surface area contributed by atoms with Crippen molar-refractivity contribution in [3.05, 3.63) is 0 Å². The molecule has 0 aromatic carbocycles. The van der Waals surface area contributed by atoms with E-state index >= 15 is 0 Å². The van der Waals surface area contributed by atoms with Gasteiger partial charge in [-0.25, -0.2) is 0 Å². The zero-order valence-electron chi connectivity index (χ0n) is 10.6. The maximum absolute atomic E-state index is 8.93. The van der Waals surface area contributed by atoms with Crippen LogP contribution >= 0.6 is 45.2 Å². The van der Waals surface area contributed by atoms with Crippen molar-refractivity contribution in [3.63, 3.8) is 0 Å². The highest BCUT2D eigenvalue weighted by Crippen LogP contribution is 2.44. The van der Waals surface area contributed by atoms with Gasteiger partial charge in [0.1, 0.15) is 5.60 Å². The SMILES string of the molecule is OCCCC1CC2(CI)OC(CCI)CCC2O1. The molecule has 0 aromatic rings. The lowest BCUT2D eigenvalue weighted by Crippen LogP contribution is -2.49. The van der Waals surface area contributed by atoms with E-state index in [0.717, 1.165) is 43.0 Å². The largest absolute Gasteiger partial charge is 0.396 e. The van der Waals surface area contributed by atoms with Gasteiger partial charge in [-0.2, -0.15) is 0 Å². The fourth-order valence-electron chi connectivity index (χ4n) is 3.09. The summed E-state index contributed by atoms with van der Waals surface area (Å²) in [7, 11) is 0. The van der Waals surface area contributed by atoms with Crippen LogP contribution in [-0.4, -0.2) is 44.5 Å². The molecule has 0 bridgehead atoms. The van der Waals surface area contributed by atoms with Gasteiger partial charge in [-0.1, -0.05) is 45.2 Å². The highest BCUT2D eigenvalue weighted by atomic mass is 127. The molecule has 106 valence electrons. The van der Waals surface area contributed by atoms with Crippen molar-refractivity contribution in [2.45, 2.75) is 62.4 Å². The molecule has 2 aliphatic heterocycles. The Hall–Kier alpha value is 1.34. The number of rotatable bonds is 6. The quantitative estimate of drug-likeness (QED) is 0.470. The van der Waals surface area contributed by atoms with Gasteiger partial charge in [0.2, 0.25) is 0 Å². The topological polar surface area (TPSA) is 38.7 Å². The number of hydrogen-bond acceptors (Lipinski definition) is 3. The second-order valence-corrected chi connectivity index (χ2v) is 7.15. The Kier molecular flexibility index (Phi) is 6.44. The summed E-state index contributed by atoms with van der Waals surface area (Å²) in [6.45, 7) is 0.264. The summed E-state index contributed by atoms with van der Waals surface area (Å²) >= 11 is 4.87. The minimum absolute atomic E-state index is 0.0462. The van der Waals surface area contributed by atoms with E-state index in [2.05, 4.69) is 45.2 Å². The summed E-state index contributed by atoms with van der Waals surface area (Å²) < 4.78 is 14.7. The zero-order valence-corrected chi connectivity index (χ0v) is 14.9. The standard InChI is InChI=1S/C13H22I2O3/c14-6-5-10-3-4-12-13(9-15,18-10)8-11(17-12)2-1-7-16/h10-12,16H,1-9H2. The molecule has 3 nitrogen and oxygen atoms in total. The first-order valence-corrected chi connectivity index (χ1v) is 9.85. The molecule has 4 atom stereocenters. The van der Waals surface area contributed by atoms with Gasteiger partial charge in [0.05, 0.1) is 18.3 Å². The molecule has 0 aliphatic carbocycles. The highest BCUT2D eigenvalue weighted by Gasteiger charge is 2.51. The predicted molar refractivity (Wildman–Crippen MR) is 88.8 cm³/mol. The molecule has 0 saturated carbocycles. The highest BCUT2D eigenvalue weighted by molar-refractivity contribution is 14.1. The van der Waals surface area contributed by atoms with Crippen molar-refractivity contribution in [2.24, 2.45) is 0 Å². The van der Waals surface area contributed by atoms with Gasteiger partial charge in [-0.3, -0.25) is 0 Å². The number of halogens is 2. The molecule has 0 spiro atoms. The van der Waals surface area contributed by atoms with Crippen molar-refractivity contribution >= 4 is 45.2 Å². The van der Waals surface area contributed by atoms with Crippen LogP contribution in [-0.2, 0) is 9.47 Å². The second kappa shape index (κ2) is 7.38. The minimum Gasteiger partial charge on any atom is -0.396 e. The monoisotopic (exact) mass is 480 g/mol.